The van der Waals surface area contributed by atoms with E-state index < -0.39 is 0 Å². The van der Waals surface area contributed by atoms with E-state index in [9.17, 15) is 0 Å². The highest BCUT2D eigenvalue weighted by Gasteiger charge is 2.27. The fourth-order valence-corrected chi connectivity index (χ4v) is 3.48. The van der Waals surface area contributed by atoms with Crippen molar-refractivity contribution in [2.75, 3.05) is 26.2 Å². The molecule has 0 unspecified atom stereocenters. The van der Waals surface area contributed by atoms with Crippen molar-refractivity contribution in [3.8, 4) is 0 Å². The zero-order chi connectivity index (χ0) is 13.9. The van der Waals surface area contributed by atoms with Gasteiger partial charge in [0, 0.05) is 32.2 Å². The summed E-state index contributed by atoms with van der Waals surface area (Å²) in [5, 5.41) is 3.52. The summed E-state index contributed by atoms with van der Waals surface area (Å²) in [6, 6.07) is 0.661. The summed E-state index contributed by atoms with van der Waals surface area (Å²) in [6.45, 7) is 13.7. The molecular weight excluding hydrogens is 236 g/mol. The summed E-state index contributed by atoms with van der Waals surface area (Å²) in [6.07, 6.45) is 5.70. The minimum atomic E-state index is 0.0193. The summed E-state index contributed by atoms with van der Waals surface area (Å²) in [7, 11) is 0. The van der Waals surface area contributed by atoms with Crippen molar-refractivity contribution >= 4 is 0 Å². The van der Waals surface area contributed by atoms with Crippen LogP contribution in [-0.2, 0) is 4.74 Å². The molecule has 112 valence electrons. The Kier molecular flexibility index (Phi) is 5.27. The average Bonchev–Trinajstić information content (AvgIpc) is 2.30. The molecule has 0 aromatic heterocycles. The van der Waals surface area contributed by atoms with Gasteiger partial charge in [-0.1, -0.05) is 0 Å². The summed E-state index contributed by atoms with van der Waals surface area (Å²) in [5.41, 5.74) is 0.0193. The van der Waals surface area contributed by atoms with Crippen molar-refractivity contribution < 1.29 is 4.74 Å². The van der Waals surface area contributed by atoms with E-state index in [1.165, 1.54) is 45.3 Å². The molecule has 0 radical (unpaired) electrons. The first-order chi connectivity index (χ1) is 8.92. The van der Waals surface area contributed by atoms with E-state index >= 15 is 0 Å². The predicted molar refractivity (Wildman–Crippen MR) is 80.5 cm³/mol. The van der Waals surface area contributed by atoms with Crippen molar-refractivity contribution in [2.24, 2.45) is 5.92 Å². The number of nitrogens with zero attached hydrogens (tertiary/aromatic N) is 1. The van der Waals surface area contributed by atoms with E-state index in [2.05, 4.69) is 37.9 Å². The third-order valence-electron chi connectivity index (χ3n) is 4.28. The summed E-state index contributed by atoms with van der Waals surface area (Å²) in [4.78, 5) is 2.65. The molecule has 2 fully saturated rings. The van der Waals surface area contributed by atoms with Gasteiger partial charge in [0.15, 0.2) is 0 Å². The van der Waals surface area contributed by atoms with Crippen LogP contribution >= 0.6 is 0 Å². The van der Waals surface area contributed by atoms with Gasteiger partial charge in [-0.15, -0.1) is 0 Å². The van der Waals surface area contributed by atoms with Gasteiger partial charge in [0.05, 0.1) is 11.7 Å². The first-order valence-electron chi connectivity index (χ1n) is 8.06. The maximum Gasteiger partial charge on any atom is 0.0602 e. The fourth-order valence-electron chi connectivity index (χ4n) is 3.48. The number of hydrogen-bond acceptors (Lipinski definition) is 3. The maximum atomic E-state index is 6.11. The Hall–Kier alpha value is -0.120. The Morgan fingerprint density at radius 1 is 1.16 bits per heavy atom. The van der Waals surface area contributed by atoms with Gasteiger partial charge in [0.1, 0.15) is 0 Å². The molecule has 1 aliphatic carbocycles. The lowest BCUT2D eigenvalue weighted by Gasteiger charge is -2.38. The van der Waals surface area contributed by atoms with Crippen LogP contribution in [0, 0.1) is 5.92 Å². The van der Waals surface area contributed by atoms with Gasteiger partial charge in [-0.25, -0.2) is 0 Å². The maximum absolute atomic E-state index is 6.11. The van der Waals surface area contributed by atoms with Crippen LogP contribution in [0.2, 0.25) is 0 Å². The van der Waals surface area contributed by atoms with Gasteiger partial charge in [-0.3, -0.25) is 0 Å². The first kappa shape index (κ1) is 15.3. The third-order valence-corrected chi connectivity index (χ3v) is 4.28. The van der Waals surface area contributed by atoms with E-state index in [-0.39, 0.29) is 5.60 Å². The van der Waals surface area contributed by atoms with Crippen LogP contribution in [0.25, 0.3) is 0 Å². The van der Waals surface area contributed by atoms with E-state index in [1.807, 2.05) is 0 Å². The highest BCUT2D eigenvalue weighted by molar-refractivity contribution is 4.81. The minimum absolute atomic E-state index is 0.0193. The Bertz CT molecular complexity index is 266. The molecule has 1 saturated carbocycles. The molecule has 3 nitrogen and oxygen atoms in total. The number of piperazine rings is 1. The second-order valence-electron chi connectivity index (χ2n) is 7.49. The quantitative estimate of drug-likeness (QED) is 0.851. The molecule has 1 aliphatic heterocycles. The average molecular weight is 268 g/mol. The minimum Gasteiger partial charge on any atom is -0.373 e. The van der Waals surface area contributed by atoms with Gasteiger partial charge in [0.2, 0.25) is 0 Å². The van der Waals surface area contributed by atoms with Gasteiger partial charge >= 0.3 is 0 Å². The largest absolute Gasteiger partial charge is 0.373 e. The lowest BCUT2D eigenvalue weighted by atomic mass is 9.86. The van der Waals surface area contributed by atoms with E-state index in [0.717, 1.165) is 12.5 Å². The van der Waals surface area contributed by atoms with Gasteiger partial charge in [0.25, 0.3) is 0 Å². The zero-order valence-electron chi connectivity index (χ0n) is 13.2. The Labute approximate surface area is 119 Å². The zero-order valence-corrected chi connectivity index (χ0v) is 13.2. The van der Waals surface area contributed by atoms with E-state index in [0.29, 0.717) is 12.1 Å². The molecule has 1 heterocycles. The third kappa shape index (κ3) is 5.41. The summed E-state index contributed by atoms with van der Waals surface area (Å²) in [5.74, 6) is 0.894. The first-order valence-corrected chi connectivity index (χ1v) is 8.06. The molecule has 2 rings (SSSR count). The van der Waals surface area contributed by atoms with Gasteiger partial charge in [-0.2, -0.15) is 0 Å². The highest BCUT2D eigenvalue weighted by atomic mass is 16.5. The Morgan fingerprint density at radius 2 is 1.84 bits per heavy atom. The molecular formula is C16H32N2O. The van der Waals surface area contributed by atoms with E-state index in [1.54, 1.807) is 0 Å². The SMILES string of the molecule is C[C@H]1CN(CC2CCC(OC(C)(C)C)CC2)CCN1. The molecule has 3 heteroatoms. The van der Waals surface area contributed by atoms with Crippen molar-refractivity contribution in [3.05, 3.63) is 0 Å². The monoisotopic (exact) mass is 268 g/mol. The van der Waals surface area contributed by atoms with Crippen molar-refractivity contribution in [1.82, 2.24) is 10.2 Å². The smallest absolute Gasteiger partial charge is 0.0602 e. The predicted octanol–water partition coefficient (Wildman–Crippen LogP) is 2.65. The molecule has 19 heavy (non-hydrogen) atoms. The second-order valence-corrected chi connectivity index (χ2v) is 7.49. The molecule has 0 aromatic carbocycles. The van der Waals surface area contributed by atoms with Crippen LogP contribution in [0.1, 0.15) is 53.4 Å². The Morgan fingerprint density at radius 3 is 2.42 bits per heavy atom. The second kappa shape index (κ2) is 6.55. The topological polar surface area (TPSA) is 24.5 Å². The van der Waals surface area contributed by atoms with Gasteiger partial charge < -0.3 is 15.0 Å². The van der Waals surface area contributed by atoms with Gasteiger partial charge in [-0.05, 0) is 59.3 Å². The van der Waals surface area contributed by atoms with Crippen molar-refractivity contribution in [3.63, 3.8) is 0 Å². The number of rotatable bonds is 3. The normalized spacial score (nSPS) is 34.4. The molecule has 0 bridgehead atoms. The van der Waals surface area contributed by atoms with Crippen molar-refractivity contribution in [1.29, 1.82) is 0 Å². The standard InChI is InChI=1S/C16H32N2O/c1-13-11-18(10-9-17-13)12-14-5-7-15(8-6-14)19-16(2,3)4/h13-15,17H,5-12H2,1-4H3/t13-,14?,15?/m0/s1. The molecule has 1 N–H and O–H groups in total. The van der Waals surface area contributed by atoms with Crippen LogP contribution in [0.5, 0.6) is 0 Å². The molecule has 0 amide bonds. The summed E-state index contributed by atoms with van der Waals surface area (Å²) < 4.78 is 6.11. The molecule has 1 atom stereocenters. The lowest BCUT2D eigenvalue weighted by Crippen LogP contribution is -2.50. The molecule has 2 aliphatic rings. The van der Waals surface area contributed by atoms with Crippen molar-refractivity contribution in [2.45, 2.75) is 71.1 Å². The van der Waals surface area contributed by atoms with Crippen LogP contribution < -0.4 is 5.32 Å². The molecule has 0 spiro atoms. The number of ether oxygens (including phenoxy) is 1. The van der Waals surface area contributed by atoms with Crippen LogP contribution in [0.4, 0.5) is 0 Å². The molecule has 1 saturated heterocycles. The van der Waals surface area contributed by atoms with E-state index in [4.69, 9.17) is 4.74 Å². The highest BCUT2D eigenvalue weighted by Crippen LogP contribution is 2.29. The lowest BCUT2D eigenvalue weighted by molar-refractivity contribution is -0.0796. The van der Waals surface area contributed by atoms with Crippen LogP contribution in [0.15, 0.2) is 0 Å². The Balaban J connectivity index is 1.68. The summed E-state index contributed by atoms with van der Waals surface area (Å²) >= 11 is 0. The van der Waals surface area contributed by atoms with Crippen LogP contribution in [-0.4, -0.2) is 48.8 Å². The fraction of sp³-hybridized carbons (Fsp3) is 1.00. The van der Waals surface area contributed by atoms with Crippen LogP contribution in [0.3, 0.4) is 0 Å². The number of nitrogens with one attached hydrogen (secondary N) is 1. The molecule has 0 aromatic rings. The number of hydrogen-bond donors (Lipinski definition) is 1.